The van der Waals surface area contributed by atoms with Crippen LogP contribution in [0.15, 0.2) is 37.1 Å². The molecule has 1 aromatic carbocycles. The van der Waals surface area contributed by atoms with Crippen LogP contribution >= 0.6 is 11.8 Å². The summed E-state index contributed by atoms with van der Waals surface area (Å²) in [5.41, 5.74) is 4.39. The van der Waals surface area contributed by atoms with Crippen molar-refractivity contribution in [3.05, 3.63) is 48.2 Å². The zero-order chi connectivity index (χ0) is 15.1. The summed E-state index contributed by atoms with van der Waals surface area (Å²) in [7, 11) is 0. The van der Waals surface area contributed by atoms with Crippen LogP contribution in [-0.2, 0) is 6.42 Å². The fraction of sp³-hybridized carbons (Fsp3) is 0.474. The molecule has 22 heavy (non-hydrogen) atoms. The van der Waals surface area contributed by atoms with Gasteiger partial charge in [0.1, 0.15) is 0 Å². The molecule has 0 saturated carbocycles. The molecule has 1 fully saturated rings. The SMILES string of the molecule is C=CCN1C[C@@H](CSC)CC2c3cccc4[nH]cc(c34)C[C@H]21. The highest BCUT2D eigenvalue weighted by Gasteiger charge is 2.40. The molecule has 0 radical (unpaired) electrons. The highest BCUT2D eigenvalue weighted by Crippen LogP contribution is 2.45. The minimum Gasteiger partial charge on any atom is -0.361 e. The van der Waals surface area contributed by atoms with Crippen LogP contribution in [0.4, 0.5) is 0 Å². The monoisotopic (exact) mass is 312 g/mol. The molecule has 116 valence electrons. The minimum absolute atomic E-state index is 0.644. The van der Waals surface area contributed by atoms with Crippen molar-refractivity contribution in [2.24, 2.45) is 5.92 Å². The van der Waals surface area contributed by atoms with Gasteiger partial charge in [0.15, 0.2) is 0 Å². The van der Waals surface area contributed by atoms with Gasteiger partial charge in [-0.1, -0.05) is 18.2 Å². The number of thioether (sulfide) groups is 1. The fourth-order valence-electron chi connectivity index (χ4n) is 4.63. The van der Waals surface area contributed by atoms with E-state index in [2.05, 4.69) is 53.2 Å². The number of H-pyrrole nitrogens is 1. The van der Waals surface area contributed by atoms with Crippen molar-refractivity contribution in [1.29, 1.82) is 0 Å². The largest absolute Gasteiger partial charge is 0.361 e. The predicted molar refractivity (Wildman–Crippen MR) is 96.8 cm³/mol. The number of likely N-dealkylation sites (tertiary alicyclic amines) is 1. The Kier molecular flexibility index (Phi) is 3.79. The van der Waals surface area contributed by atoms with E-state index in [1.165, 1.54) is 41.6 Å². The molecule has 2 nitrogen and oxygen atoms in total. The third-order valence-electron chi connectivity index (χ3n) is 5.43. The molecule has 1 N–H and O–H groups in total. The summed E-state index contributed by atoms with van der Waals surface area (Å²) in [4.78, 5) is 6.15. The Morgan fingerprint density at radius 3 is 3.18 bits per heavy atom. The van der Waals surface area contributed by atoms with E-state index in [1.54, 1.807) is 5.56 Å². The maximum atomic E-state index is 3.98. The van der Waals surface area contributed by atoms with Crippen LogP contribution in [0.25, 0.3) is 10.9 Å². The molecule has 0 spiro atoms. The van der Waals surface area contributed by atoms with Gasteiger partial charge in [-0.15, -0.1) is 6.58 Å². The number of aromatic nitrogens is 1. The second-order valence-corrected chi connectivity index (χ2v) is 7.67. The Labute approximate surface area is 137 Å². The molecule has 1 aromatic heterocycles. The van der Waals surface area contributed by atoms with Gasteiger partial charge in [0, 0.05) is 42.1 Å². The zero-order valence-electron chi connectivity index (χ0n) is 13.2. The highest BCUT2D eigenvalue weighted by atomic mass is 32.2. The number of hydrogen-bond donors (Lipinski definition) is 1. The van der Waals surface area contributed by atoms with E-state index in [-0.39, 0.29) is 0 Å². The van der Waals surface area contributed by atoms with Gasteiger partial charge in [-0.25, -0.2) is 0 Å². The third-order valence-corrected chi connectivity index (χ3v) is 6.23. The average molecular weight is 312 g/mol. The molecule has 4 rings (SSSR count). The molecule has 2 aliphatic rings. The van der Waals surface area contributed by atoms with Crippen LogP contribution in [0, 0.1) is 5.92 Å². The van der Waals surface area contributed by atoms with Crippen LogP contribution in [0.3, 0.4) is 0 Å². The van der Waals surface area contributed by atoms with Crippen molar-refractivity contribution in [3.63, 3.8) is 0 Å². The van der Waals surface area contributed by atoms with Crippen molar-refractivity contribution in [2.75, 3.05) is 25.1 Å². The number of aromatic amines is 1. The zero-order valence-corrected chi connectivity index (χ0v) is 14.0. The van der Waals surface area contributed by atoms with Crippen LogP contribution in [0.2, 0.25) is 0 Å². The second-order valence-electron chi connectivity index (χ2n) is 6.76. The molecule has 3 heteroatoms. The standard InChI is InChI=1S/C19H24N2S/c1-3-7-21-11-13(12-22-2)8-16-15-5-4-6-17-19(15)14(10-20-17)9-18(16)21/h3-6,10,13,16,18,20H,1,7-9,11-12H2,2H3/t13-,16?,18+/m0/s1. The molecule has 3 atom stereocenters. The average Bonchev–Trinajstić information content (AvgIpc) is 2.94. The van der Waals surface area contributed by atoms with Gasteiger partial charge in [0.2, 0.25) is 0 Å². The number of nitrogens with one attached hydrogen (secondary N) is 1. The summed E-state index contributed by atoms with van der Waals surface area (Å²) in [5, 5.41) is 1.51. The van der Waals surface area contributed by atoms with E-state index in [9.17, 15) is 0 Å². The highest BCUT2D eigenvalue weighted by molar-refractivity contribution is 7.98. The van der Waals surface area contributed by atoms with Gasteiger partial charge in [-0.2, -0.15) is 11.8 Å². The fourth-order valence-corrected chi connectivity index (χ4v) is 5.34. The minimum atomic E-state index is 0.644. The van der Waals surface area contributed by atoms with Crippen molar-refractivity contribution in [1.82, 2.24) is 9.88 Å². The Bertz CT molecular complexity index is 690. The van der Waals surface area contributed by atoms with Gasteiger partial charge in [-0.3, -0.25) is 4.90 Å². The smallest absolute Gasteiger partial charge is 0.0459 e. The Morgan fingerprint density at radius 2 is 2.36 bits per heavy atom. The number of nitrogens with zero attached hydrogens (tertiary/aromatic N) is 1. The van der Waals surface area contributed by atoms with Gasteiger partial charge < -0.3 is 4.98 Å². The number of piperidine rings is 1. The van der Waals surface area contributed by atoms with Crippen LogP contribution < -0.4 is 0 Å². The van der Waals surface area contributed by atoms with Gasteiger partial charge >= 0.3 is 0 Å². The number of hydrogen-bond acceptors (Lipinski definition) is 2. The number of fused-ring (bicyclic) bond motifs is 2. The van der Waals surface area contributed by atoms with E-state index in [1.807, 2.05) is 11.8 Å². The van der Waals surface area contributed by atoms with Crippen LogP contribution in [0.5, 0.6) is 0 Å². The second kappa shape index (κ2) is 5.78. The van der Waals surface area contributed by atoms with E-state index < -0.39 is 0 Å². The van der Waals surface area contributed by atoms with E-state index in [0.717, 1.165) is 12.5 Å². The predicted octanol–water partition coefficient (Wildman–Crippen LogP) is 4.05. The molecule has 1 saturated heterocycles. The lowest BCUT2D eigenvalue weighted by Gasteiger charge is -2.47. The number of rotatable bonds is 4. The lowest BCUT2D eigenvalue weighted by Crippen LogP contribution is -2.50. The number of benzene rings is 1. The lowest BCUT2D eigenvalue weighted by molar-refractivity contribution is 0.105. The Morgan fingerprint density at radius 1 is 1.45 bits per heavy atom. The molecule has 1 aliphatic heterocycles. The van der Waals surface area contributed by atoms with Crippen molar-refractivity contribution in [2.45, 2.75) is 24.8 Å². The molecular weight excluding hydrogens is 288 g/mol. The first kappa shape index (κ1) is 14.4. The maximum absolute atomic E-state index is 3.98. The summed E-state index contributed by atoms with van der Waals surface area (Å²) in [6, 6.07) is 7.44. The summed E-state index contributed by atoms with van der Waals surface area (Å²) in [6.45, 7) is 6.22. The Hall–Kier alpha value is -1.19. The first-order valence-corrected chi connectivity index (χ1v) is 9.64. The van der Waals surface area contributed by atoms with Crippen molar-refractivity contribution < 1.29 is 0 Å². The normalized spacial score (nSPS) is 27.8. The van der Waals surface area contributed by atoms with E-state index in [0.29, 0.717) is 12.0 Å². The van der Waals surface area contributed by atoms with Gasteiger partial charge in [-0.05, 0) is 48.0 Å². The van der Waals surface area contributed by atoms with Crippen LogP contribution in [-0.4, -0.2) is 41.0 Å². The summed E-state index contributed by atoms with van der Waals surface area (Å²) in [5.74, 6) is 2.75. The van der Waals surface area contributed by atoms with Crippen LogP contribution in [0.1, 0.15) is 23.5 Å². The lowest BCUT2D eigenvalue weighted by atomic mass is 9.72. The molecule has 2 aromatic rings. The van der Waals surface area contributed by atoms with Crippen molar-refractivity contribution in [3.8, 4) is 0 Å². The first-order valence-electron chi connectivity index (χ1n) is 8.24. The molecule has 0 amide bonds. The summed E-state index contributed by atoms with van der Waals surface area (Å²) >= 11 is 1.99. The van der Waals surface area contributed by atoms with Gasteiger partial charge in [0.05, 0.1) is 0 Å². The summed E-state index contributed by atoms with van der Waals surface area (Å²) < 4.78 is 0. The molecule has 1 unspecified atom stereocenters. The van der Waals surface area contributed by atoms with Gasteiger partial charge in [0.25, 0.3) is 0 Å². The molecule has 1 aliphatic carbocycles. The van der Waals surface area contributed by atoms with E-state index >= 15 is 0 Å². The topological polar surface area (TPSA) is 19.0 Å². The first-order chi connectivity index (χ1) is 10.8. The summed E-state index contributed by atoms with van der Waals surface area (Å²) in [6.07, 6.45) is 9.05. The maximum Gasteiger partial charge on any atom is 0.0459 e. The third kappa shape index (κ3) is 2.22. The van der Waals surface area contributed by atoms with E-state index in [4.69, 9.17) is 0 Å². The molecule has 0 bridgehead atoms. The Balaban J connectivity index is 1.77. The quantitative estimate of drug-likeness (QED) is 0.859. The van der Waals surface area contributed by atoms with Crippen molar-refractivity contribution >= 4 is 22.7 Å². The molecule has 2 heterocycles. The molecular formula is C19H24N2S.